The van der Waals surface area contributed by atoms with E-state index >= 15 is 0 Å². The Bertz CT molecular complexity index is 770. The fraction of sp³-hybridized carbons (Fsp3) is 0.133. The molecule has 0 saturated heterocycles. The van der Waals surface area contributed by atoms with Crippen molar-refractivity contribution in [3.63, 3.8) is 0 Å². The summed E-state index contributed by atoms with van der Waals surface area (Å²) < 4.78 is 0. The molecule has 2 heterocycles. The number of amides is 1. The third-order valence-electron chi connectivity index (χ3n) is 2.93. The minimum absolute atomic E-state index is 0.0586. The zero-order valence-corrected chi connectivity index (χ0v) is 13.5. The van der Waals surface area contributed by atoms with E-state index in [2.05, 4.69) is 20.3 Å². The van der Waals surface area contributed by atoms with Gasteiger partial charge in [0, 0.05) is 16.8 Å². The number of H-pyrrole nitrogens is 1. The van der Waals surface area contributed by atoms with Gasteiger partial charge in [-0.1, -0.05) is 17.8 Å². The molecule has 3 aromatic rings. The van der Waals surface area contributed by atoms with Crippen molar-refractivity contribution in [2.24, 2.45) is 0 Å². The van der Waals surface area contributed by atoms with Gasteiger partial charge in [-0.15, -0.1) is 11.8 Å². The molecule has 7 heteroatoms. The van der Waals surface area contributed by atoms with Crippen LogP contribution in [0.15, 0.2) is 52.6 Å². The molecule has 0 atom stereocenters. The highest BCUT2D eigenvalue weighted by molar-refractivity contribution is 7.99. The number of imidazole rings is 1. The van der Waals surface area contributed by atoms with Gasteiger partial charge in [-0.25, -0.2) is 9.97 Å². The zero-order valence-electron chi connectivity index (χ0n) is 11.9. The minimum Gasteiger partial charge on any atom is -0.332 e. The second-order valence-corrected chi connectivity index (χ2v) is 6.33. The van der Waals surface area contributed by atoms with Crippen molar-refractivity contribution in [2.45, 2.75) is 10.1 Å². The average Bonchev–Trinajstić information content (AvgIpc) is 2.96. The Labute approximate surface area is 136 Å². The van der Waals surface area contributed by atoms with Crippen LogP contribution >= 0.6 is 23.5 Å². The van der Waals surface area contributed by atoms with Crippen molar-refractivity contribution in [3.05, 3.63) is 42.6 Å². The van der Waals surface area contributed by atoms with Gasteiger partial charge in [-0.05, 0) is 36.6 Å². The number of aromatic amines is 1. The van der Waals surface area contributed by atoms with Crippen molar-refractivity contribution >= 4 is 46.3 Å². The Morgan fingerprint density at radius 2 is 2.23 bits per heavy atom. The summed E-state index contributed by atoms with van der Waals surface area (Å²) in [5.74, 6) is 0.236. The molecule has 1 amide bonds. The number of fused-ring (bicyclic) bond motifs is 1. The Balaban J connectivity index is 1.59. The molecule has 112 valence electrons. The van der Waals surface area contributed by atoms with E-state index in [1.165, 1.54) is 11.8 Å². The maximum absolute atomic E-state index is 12.0. The van der Waals surface area contributed by atoms with E-state index < -0.39 is 0 Å². The molecule has 3 rings (SSSR count). The van der Waals surface area contributed by atoms with Gasteiger partial charge in [0.15, 0.2) is 10.8 Å². The Kier molecular flexibility index (Phi) is 4.65. The molecule has 0 saturated carbocycles. The quantitative estimate of drug-likeness (QED) is 0.702. The van der Waals surface area contributed by atoms with Crippen LogP contribution < -0.4 is 5.32 Å². The normalized spacial score (nSPS) is 10.8. The maximum Gasteiger partial charge on any atom is 0.234 e. The average molecular weight is 330 g/mol. The molecule has 0 fully saturated rings. The molecule has 0 unspecified atom stereocenters. The summed E-state index contributed by atoms with van der Waals surface area (Å²) in [4.78, 5) is 24.8. The second-order valence-electron chi connectivity index (χ2n) is 4.49. The van der Waals surface area contributed by atoms with Crippen molar-refractivity contribution in [3.8, 4) is 0 Å². The van der Waals surface area contributed by atoms with Crippen LogP contribution in [-0.2, 0) is 4.79 Å². The first kappa shape index (κ1) is 14.9. The third-order valence-corrected chi connectivity index (χ3v) is 4.53. The number of nitrogens with zero attached hydrogens (tertiary/aromatic N) is 2. The zero-order chi connectivity index (χ0) is 15.4. The molecule has 0 spiro atoms. The first-order valence-corrected chi connectivity index (χ1v) is 8.83. The van der Waals surface area contributed by atoms with Crippen molar-refractivity contribution < 1.29 is 4.79 Å². The molecule has 5 nitrogen and oxygen atoms in total. The number of carbonyl (C=O) groups is 1. The minimum atomic E-state index is -0.0586. The van der Waals surface area contributed by atoms with Crippen LogP contribution in [0.2, 0.25) is 0 Å². The number of aromatic nitrogens is 3. The summed E-state index contributed by atoms with van der Waals surface area (Å²) >= 11 is 3.00. The van der Waals surface area contributed by atoms with Gasteiger partial charge in [-0.3, -0.25) is 4.79 Å². The van der Waals surface area contributed by atoms with E-state index in [0.717, 1.165) is 16.1 Å². The number of pyridine rings is 1. The standard InChI is InChI=1S/C15H14N4OS2/c1-21-11-5-2-4-10(8-11)17-13(20)9-22-15-18-12-6-3-7-16-14(12)19-15/h2-8H,9H2,1H3,(H,17,20)(H,16,18,19). The van der Waals surface area contributed by atoms with Crippen molar-refractivity contribution in [1.82, 2.24) is 15.0 Å². The lowest BCUT2D eigenvalue weighted by Crippen LogP contribution is -2.14. The molecule has 2 aromatic heterocycles. The van der Waals surface area contributed by atoms with Crippen molar-refractivity contribution in [2.75, 3.05) is 17.3 Å². The van der Waals surface area contributed by atoms with E-state index in [0.29, 0.717) is 16.6 Å². The van der Waals surface area contributed by atoms with E-state index in [-0.39, 0.29) is 5.91 Å². The lowest BCUT2D eigenvalue weighted by molar-refractivity contribution is -0.113. The van der Waals surface area contributed by atoms with Crippen LogP contribution in [-0.4, -0.2) is 32.9 Å². The van der Waals surface area contributed by atoms with Crippen LogP contribution in [0.5, 0.6) is 0 Å². The molecule has 0 radical (unpaired) electrons. The van der Waals surface area contributed by atoms with Gasteiger partial charge in [0.1, 0.15) is 0 Å². The maximum atomic E-state index is 12.0. The molecule has 22 heavy (non-hydrogen) atoms. The Morgan fingerprint density at radius 3 is 3.05 bits per heavy atom. The molecule has 0 bridgehead atoms. The molecule has 2 N–H and O–H groups in total. The van der Waals surface area contributed by atoms with Gasteiger partial charge >= 0.3 is 0 Å². The number of anilines is 1. The second kappa shape index (κ2) is 6.85. The molecule has 1 aromatic carbocycles. The number of benzene rings is 1. The largest absolute Gasteiger partial charge is 0.332 e. The lowest BCUT2D eigenvalue weighted by Gasteiger charge is -2.05. The smallest absolute Gasteiger partial charge is 0.234 e. The first-order chi connectivity index (χ1) is 10.7. The highest BCUT2D eigenvalue weighted by Crippen LogP contribution is 2.20. The Hall–Kier alpha value is -1.99. The Morgan fingerprint density at radius 1 is 1.32 bits per heavy atom. The number of hydrogen-bond acceptors (Lipinski definition) is 5. The van der Waals surface area contributed by atoms with Crippen LogP contribution in [0, 0.1) is 0 Å². The predicted molar refractivity (Wildman–Crippen MR) is 91.5 cm³/mol. The van der Waals surface area contributed by atoms with Gasteiger partial charge in [0.05, 0.1) is 11.3 Å². The summed E-state index contributed by atoms with van der Waals surface area (Å²) in [6, 6.07) is 11.5. The topological polar surface area (TPSA) is 70.7 Å². The fourth-order valence-corrected chi connectivity index (χ4v) is 3.06. The van der Waals surface area contributed by atoms with Gasteiger partial charge in [0.25, 0.3) is 0 Å². The van der Waals surface area contributed by atoms with Gasteiger partial charge in [-0.2, -0.15) is 0 Å². The van der Waals surface area contributed by atoms with Crippen LogP contribution in [0.25, 0.3) is 11.2 Å². The van der Waals surface area contributed by atoms with Crippen LogP contribution in [0.3, 0.4) is 0 Å². The molecule has 0 aliphatic heterocycles. The SMILES string of the molecule is CSc1cccc(NC(=O)CSc2nc3ncccc3[nH]2)c1. The molecule has 0 aliphatic rings. The lowest BCUT2D eigenvalue weighted by atomic mass is 10.3. The number of hydrogen-bond donors (Lipinski definition) is 2. The number of thioether (sulfide) groups is 2. The van der Waals surface area contributed by atoms with Crippen LogP contribution in [0.4, 0.5) is 5.69 Å². The van der Waals surface area contributed by atoms with Gasteiger partial charge in [0.2, 0.25) is 5.91 Å². The number of carbonyl (C=O) groups excluding carboxylic acids is 1. The molecule has 0 aliphatic carbocycles. The highest BCUT2D eigenvalue weighted by Gasteiger charge is 2.08. The van der Waals surface area contributed by atoms with E-state index in [4.69, 9.17) is 0 Å². The summed E-state index contributed by atoms with van der Waals surface area (Å²) in [7, 11) is 0. The molecular formula is C15H14N4OS2. The monoisotopic (exact) mass is 330 g/mol. The predicted octanol–water partition coefficient (Wildman–Crippen LogP) is 3.41. The number of rotatable bonds is 5. The summed E-state index contributed by atoms with van der Waals surface area (Å²) in [6.07, 6.45) is 3.70. The van der Waals surface area contributed by atoms with E-state index in [1.807, 2.05) is 42.7 Å². The molecular weight excluding hydrogens is 316 g/mol. The highest BCUT2D eigenvalue weighted by atomic mass is 32.2. The fourth-order valence-electron chi connectivity index (χ4n) is 1.92. The van der Waals surface area contributed by atoms with E-state index in [9.17, 15) is 4.79 Å². The first-order valence-electron chi connectivity index (χ1n) is 6.62. The number of nitrogens with one attached hydrogen (secondary N) is 2. The summed E-state index contributed by atoms with van der Waals surface area (Å²) in [5.41, 5.74) is 2.35. The summed E-state index contributed by atoms with van der Waals surface area (Å²) in [5, 5.41) is 3.59. The third kappa shape index (κ3) is 3.61. The van der Waals surface area contributed by atoms with E-state index in [1.54, 1.807) is 18.0 Å². The van der Waals surface area contributed by atoms with Gasteiger partial charge < -0.3 is 10.3 Å². The van der Waals surface area contributed by atoms with Crippen LogP contribution in [0.1, 0.15) is 0 Å². The van der Waals surface area contributed by atoms with Crippen molar-refractivity contribution in [1.29, 1.82) is 0 Å². The summed E-state index contributed by atoms with van der Waals surface area (Å²) in [6.45, 7) is 0.